The Morgan fingerprint density at radius 1 is 1.20 bits per heavy atom. The molecular formula is C26H28F3N3OS2. The van der Waals surface area contributed by atoms with Crippen LogP contribution in [-0.2, 0) is 6.54 Å². The molecule has 0 saturated carbocycles. The number of benzene rings is 2. The van der Waals surface area contributed by atoms with Crippen LogP contribution in [0.2, 0.25) is 0 Å². The Morgan fingerprint density at radius 3 is 2.74 bits per heavy atom. The molecule has 2 aliphatic rings. The Bertz CT molecular complexity index is 1310. The van der Waals surface area contributed by atoms with Gasteiger partial charge in [-0.15, -0.1) is 11.8 Å². The van der Waals surface area contributed by atoms with Gasteiger partial charge >= 0.3 is 6.18 Å². The first-order valence-corrected chi connectivity index (χ1v) is 14.8. The summed E-state index contributed by atoms with van der Waals surface area (Å²) in [5.41, 5.74) is 2.65. The van der Waals surface area contributed by atoms with Crippen molar-refractivity contribution in [2.75, 3.05) is 41.5 Å². The number of rotatable bonds is 7. The second-order valence-corrected chi connectivity index (χ2v) is 13.3. The second kappa shape index (κ2) is 9.47. The molecule has 4 nitrogen and oxygen atoms in total. The molecule has 9 heteroatoms. The summed E-state index contributed by atoms with van der Waals surface area (Å²) >= 11 is 1.62. The third kappa shape index (κ3) is 5.05. The molecule has 3 heterocycles. The molecule has 2 fully saturated rings. The van der Waals surface area contributed by atoms with Crippen molar-refractivity contribution in [3.8, 4) is 17.6 Å². The lowest BCUT2D eigenvalue weighted by Crippen LogP contribution is -2.18. The molecule has 5 rings (SSSR count). The zero-order valence-electron chi connectivity index (χ0n) is 19.7. The molecule has 0 aliphatic carbocycles. The van der Waals surface area contributed by atoms with Crippen molar-refractivity contribution in [2.45, 2.75) is 35.7 Å². The van der Waals surface area contributed by atoms with Gasteiger partial charge in [0.1, 0.15) is 12.3 Å². The van der Waals surface area contributed by atoms with E-state index >= 15 is 0 Å². The number of halogens is 3. The zero-order chi connectivity index (χ0) is 24.6. The Balaban J connectivity index is 1.42. The predicted octanol–water partition coefficient (Wildman–Crippen LogP) is 6.71. The van der Waals surface area contributed by atoms with Gasteiger partial charge in [-0.25, -0.2) is 0 Å². The van der Waals surface area contributed by atoms with E-state index in [2.05, 4.69) is 21.9 Å². The number of ether oxygens (including phenoxy) is 1. The van der Waals surface area contributed by atoms with Gasteiger partial charge in [-0.1, -0.05) is 12.0 Å². The quantitative estimate of drug-likeness (QED) is 0.207. The lowest BCUT2D eigenvalue weighted by Gasteiger charge is -2.22. The Labute approximate surface area is 209 Å². The monoisotopic (exact) mass is 519 g/mol. The van der Waals surface area contributed by atoms with E-state index in [0.717, 1.165) is 26.9 Å². The summed E-state index contributed by atoms with van der Waals surface area (Å²) < 4.78 is 50.9. The number of alkyl halides is 3. The number of nitrogens with zero attached hydrogens (tertiary/aromatic N) is 1. The van der Waals surface area contributed by atoms with E-state index in [9.17, 15) is 13.2 Å². The normalized spacial score (nSPS) is 22.6. The molecule has 2 atom stereocenters. The number of hydrogen-bond donors (Lipinski definition) is 2. The van der Waals surface area contributed by atoms with Crippen LogP contribution < -0.4 is 14.8 Å². The van der Waals surface area contributed by atoms with Crippen molar-refractivity contribution in [3.63, 3.8) is 0 Å². The minimum atomic E-state index is -4.34. The van der Waals surface area contributed by atoms with Crippen LogP contribution >= 0.6 is 22.0 Å². The summed E-state index contributed by atoms with van der Waals surface area (Å²) in [6, 6.07) is 13.2. The average Bonchev–Trinajstić information content (AvgIpc) is 3.17. The third-order valence-electron chi connectivity index (χ3n) is 6.63. The summed E-state index contributed by atoms with van der Waals surface area (Å²) in [6.45, 7) is -0.787. The van der Waals surface area contributed by atoms with Crippen molar-refractivity contribution in [1.29, 1.82) is 0 Å². The fourth-order valence-electron chi connectivity index (χ4n) is 4.86. The first-order valence-electron chi connectivity index (χ1n) is 11.5. The van der Waals surface area contributed by atoms with Crippen LogP contribution in [0.4, 0.5) is 24.5 Å². The molecule has 0 bridgehead atoms. The number of methoxy groups -OCH3 is 1. The van der Waals surface area contributed by atoms with E-state index in [4.69, 9.17) is 4.74 Å². The Kier molecular flexibility index (Phi) is 6.53. The zero-order valence-corrected chi connectivity index (χ0v) is 21.3. The lowest BCUT2D eigenvalue weighted by molar-refractivity contribution is -0.140. The summed E-state index contributed by atoms with van der Waals surface area (Å²) in [5.74, 6) is 9.12. The summed E-state index contributed by atoms with van der Waals surface area (Å²) in [4.78, 5) is 1.08. The van der Waals surface area contributed by atoms with E-state index in [-0.39, 0.29) is 6.54 Å². The van der Waals surface area contributed by atoms with Gasteiger partial charge in [0.15, 0.2) is 0 Å². The molecule has 186 valence electrons. The molecule has 0 spiro atoms. The van der Waals surface area contributed by atoms with E-state index in [0.29, 0.717) is 17.0 Å². The minimum absolute atomic E-state index is 0.280. The maximum absolute atomic E-state index is 13.5. The van der Waals surface area contributed by atoms with E-state index in [1.54, 1.807) is 31.0 Å². The summed E-state index contributed by atoms with van der Waals surface area (Å²) in [6.07, 6.45) is 0.161. The van der Waals surface area contributed by atoms with Gasteiger partial charge in [-0.05, 0) is 67.2 Å². The number of fused-ring (bicyclic) bond motifs is 2. The van der Waals surface area contributed by atoms with Gasteiger partial charge in [-0.2, -0.15) is 23.4 Å². The Hall–Kier alpha value is -2.57. The fraction of sp³-hybridized carbons (Fsp3) is 0.385. The van der Waals surface area contributed by atoms with Crippen LogP contribution in [0.15, 0.2) is 47.4 Å². The molecule has 0 amide bonds. The molecule has 1 aromatic heterocycles. The highest BCUT2D eigenvalue weighted by molar-refractivity contribution is 8.41. The maximum atomic E-state index is 13.5. The third-order valence-corrected chi connectivity index (χ3v) is 11.2. The first kappa shape index (κ1) is 24.1. The standard InChI is InChI=1S/C26H28F3N3OS2/c1-33-25-15-19(34-2)10-11-23(25)30-12-4-6-18-14-21-22(31-35-13-5-7-20(35)16-35)8-3-9-24(21)32(18)17-26(27,28)29/h3,8-11,14-15,20,30-31H,5,7,12-13,16-17H2,1-2H3/t20-/m0/s1. The van der Waals surface area contributed by atoms with Crippen LogP contribution in [0.5, 0.6) is 5.75 Å². The van der Waals surface area contributed by atoms with Gasteiger partial charge in [0.05, 0.1) is 36.2 Å². The van der Waals surface area contributed by atoms with Crippen LogP contribution in [0.3, 0.4) is 0 Å². The molecule has 1 unspecified atom stereocenters. The number of aromatic nitrogens is 1. The van der Waals surface area contributed by atoms with Gasteiger partial charge in [0.25, 0.3) is 0 Å². The van der Waals surface area contributed by atoms with Crippen molar-refractivity contribution in [3.05, 3.63) is 48.2 Å². The van der Waals surface area contributed by atoms with Gasteiger partial charge < -0.3 is 19.3 Å². The molecule has 2 aromatic carbocycles. The fourth-order valence-corrected chi connectivity index (χ4v) is 9.30. The van der Waals surface area contributed by atoms with Crippen molar-refractivity contribution >= 4 is 44.3 Å². The first-order chi connectivity index (χ1) is 16.8. The molecule has 2 saturated heterocycles. The Morgan fingerprint density at radius 2 is 2.06 bits per heavy atom. The summed E-state index contributed by atoms with van der Waals surface area (Å²) in [5, 5.41) is 4.78. The molecule has 0 radical (unpaired) electrons. The molecule has 2 N–H and O–H groups in total. The van der Waals surface area contributed by atoms with Crippen LogP contribution in [-0.4, -0.2) is 47.4 Å². The van der Waals surface area contributed by atoms with Gasteiger partial charge in [-0.3, -0.25) is 0 Å². The highest BCUT2D eigenvalue weighted by Gasteiger charge is 2.52. The predicted molar refractivity (Wildman–Crippen MR) is 142 cm³/mol. The van der Waals surface area contributed by atoms with Gasteiger partial charge in [0, 0.05) is 21.3 Å². The SMILES string of the molecule is COc1cc(SC)ccc1NCC#Cc1cc2c(NS34CCC[C@H]3C4)cccc2n1CC(F)(F)F. The largest absolute Gasteiger partial charge is 0.495 e. The molecule has 3 aromatic rings. The smallest absolute Gasteiger partial charge is 0.406 e. The van der Waals surface area contributed by atoms with Crippen molar-refractivity contribution in [2.24, 2.45) is 0 Å². The number of hydrogen-bond acceptors (Lipinski definition) is 4. The van der Waals surface area contributed by atoms with Gasteiger partial charge in [0.2, 0.25) is 0 Å². The van der Waals surface area contributed by atoms with Crippen LogP contribution in [0.25, 0.3) is 10.9 Å². The highest BCUT2D eigenvalue weighted by atomic mass is 32.3. The topological polar surface area (TPSA) is 38.2 Å². The van der Waals surface area contributed by atoms with E-state index in [1.165, 1.54) is 28.9 Å². The van der Waals surface area contributed by atoms with Crippen molar-refractivity contribution in [1.82, 2.24) is 4.57 Å². The van der Waals surface area contributed by atoms with E-state index < -0.39 is 22.9 Å². The van der Waals surface area contributed by atoms with Crippen molar-refractivity contribution < 1.29 is 17.9 Å². The molecular weight excluding hydrogens is 491 g/mol. The molecule has 35 heavy (non-hydrogen) atoms. The lowest BCUT2D eigenvalue weighted by atomic mass is 10.2. The molecule has 2 aliphatic heterocycles. The highest BCUT2D eigenvalue weighted by Crippen LogP contribution is 2.73. The van der Waals surface area contributed by atoms with Crippen LogP contribution in [0, 0.1) is 11.8 Å². The number of thioether (sulfide) groups is 1. The minimum Gasteiger partial charge on any atom is -0.495 e. The second-order valence-electron chi connectivity index (χ2n) is 8.87. The van der Waals surface area contributed by atoms with E-state index in [1.807, 2.05) is 36.6 Å². The number of nitrogens with one attached hydrogen (secondary N) is 2. The number of anilines is 2. The average molecular weight is 520 g/mol. The summed E-state index contributed by atoms with van der Waals surface area (Å²) in [7, 11) is 0.781. The van der Waals surface area contributed by atoms with Crippen LogP contribution in [0.1, 0.15) is 18.5 Å². The maximum Gasteiger partial charge on any atom is 0.406 e.